The third kappa shape index (κ3) is 1.86. The molecule has 0 aromatic heterocycles. The summed E-state index contributed by atoms with van der Waals surface area (Å²) in [5, 5.41) is 0. The SMILES string of the molecule is O=C1C=CCC(c2ccccc2)C1. The lowest BCUT2D eigenvalue weighted by Crippen LogP contribution is -2.08. The van der Waals surface area contributed by atoms with E-state index in [1.165, 1.54) is 5.56 Å². The van der Waals surface area contributed by atoms with Crippen molar-refractivity contribution in [3.05, 3.63) is 48.0 Å². The number of hydrogen-bond acceptors (Lipinski definition) is 1. The van der Waals surface area contributed by atoms with Gasteiger partial charge in [0.2, 0.25) is 0 Å². The third-order valence-corrected chi connectivity index (χ3v) is 2.44. The minimum absolute atomic E-state index is 0.250. The predicted molar refractivity (Wildman–Crippen MR) is 52.6 cm³/mol. The number of carbonyl (C=O) groups is 1. The summed E-state index contributed by atoms with van der Waals surface area (Å²) in [4.78, 5) is 11.2. The number of rotatable bonds is 1. The molecule has 1 heteroatoms. The zero-order valence-electron chi connectivity index (χ0n) is 7.44. The maximum atomic E-state index is 11.2. The van der Waals surface area contributed by atoms with Crippen molar-refractivity contribution in [3.8, 4) is 0 Å². The lowest BCUT2D eigenvalue weighted by molar-refractivity contribution is -0.115. The van der Waals surface area contributed by atoms with Crippen LogP contribution in [0.1, 0.15) is 24.3 Å². The van der Waals surface area contributed by atoms with Crippen LogP contribution >= 0.6 is 0 Å². The van der Waals surface area contributed by atoms with Gasteiger partial charge in [-0.1, -0.05) is 36.4 Å². The molecule has 0 fully saturated rings. The molecule has 0 aliphatic heterocycles. The van der Waals surface area contributed by atoms with Gasteiger partial charge < -0.3 is 0 Å². The van der Waals surface area contributed by atoms with Crippen LogP contribution in [-0.4, -0.2) is 5.78 Å². The summed E-state index contributed by atoms with van der Waals surface area (Å²) in [6, 6.07) is 10.2. The molecule has 1 aliphatic rings. The van der Waals surface area contributed by atoms with E-state index in [1.54, 1.807) is 6.08 Å². The normalized spacial score (nSPS) is 21.8. The van der Waals surface area contributed by atoms with E-state index in [9.17, 15) is 4.79 Å². The molecule has 13 heavy (non-hydrogen) atoms. The Balaban J connectivity index is 2.19. The molecule has 66 valence electrons. The molecule has 1 nitrogen and oxygen atoms in total. The van der Waals surface area contributed by atoms with E-state index in [0.29, 0.717) is 12.3 Å². The molecule has 1 unspecified atom stereocenters. The summed E-state index contributed by atoms with van der Waals surface area (Å²) < 4.78 is 0. The van der Waals surface area contributed by atoms with Gasteiger partial charge in [-0.05, 0) is 24.0 Å². The predicted octanol–water partition coefficient (Wildman–Crippen LogP) is 2.69. The van der Waals surface area contributed by atoms with E-state index < -0.39 is 0 Å². The lowest BCUT2D eigenvalue weighted by Gasteiger charge is -2.16. The maximum Gasteiger partial charge on any atom is 0.155 e. The van der Waals surface area contributed by atoms with Crippen LogP contribution in [0, 0.1) is 0 Å². The zero-order chi connectivity index (χ0) is 9.10. The van der Waals surface area contributed by atoms with Gasteiger partial charge in [0.1, 0.15) is 0 Å². The molecule has 2 rings (SSSR count). The molecule has 1 aromatic rings. The van der Waals surface area contributed by atoms with Gasteiger partial charge in [0.25, 0.3) is 0 Å². The largest absolute Gasteiger partial charge is 0.295 e. The number of ketones is 1. The van der Waals surface area contributed by atoms with E-state index in [0.717, 1.165) is 6.42 Å². The zero-order valence-corrected chi connectivity index (χ0v) is 7.44. The number of allylic oxidation sites excluding steroid dienone is 2. The minimum atomic E-state index is 0.250. The van der Waals surface area contributed by atoms with Crippen LogP contribution in [0.3, 0.4) is 0 Å². The Kier molecular flexibility index (Phi) is 2.26. The van der Waals surface area contributed by atoms with Crippen molar-refractivity contribution >= 4 is 5.78 Å². The second-order valence-electron chi connectivity index (χ2n) is 3.42. The van der Waals surface area contributed by atoms with E-state index in [-0.39, 0.29) is 5.78 Å². The second-order valence-corrected chi connectivity index (χ2v) is 3.42. The summed E-state index contributed by atoms with van der Waals surface area (Å²) >= 11 is 0. The molecule has 0 bridgehead atoms. The summed E-state index contributed by atoms with van der Waals surface area (Å²) in [5.74, 6) is 0.652. The highest BCUT2D eigenvalue weighted by molar-refractivity contribution is 5.91. The van der Waals surface area contributed by atoms with Crippen molar-refractivity contribution < 1.29 is 4.79 Å². The highest BCUT2D eigenvalue weighted by Crippen LogP contribution is 2.26. The summed E-state index contributed by atoms with van der Waals surface area (Å²) in [6.07, 6.45) is 5.33. The molecule has 1 aliphatic carbocycles. The fraction of sp³-hybridized carbons (Fsp3) is 0.250. The first-order chi connectivity index (χ1) is 6.36. The Morgan fingerprint density at radius 3 is 2.62 bits per heavy atom. The molecule has 0 saturated carbocycles. The first-order valence-electron chi connectivity index (χ1n) is 4.60. The average molecular weight is 172 g/mol. The molecule has 0 saturated heterocycles. The van der Waals surface area contributed by atoms with Crippen LogP contribution in [0.4, 0.5) is 0 Å². The molecule has 0 heterocycles. The molecular weight excluding hydrogens is 160 g/mol. The van der Waals surface area contributed by atoms with Gasteiger partial charge in [-0.2, -0.15) is 0 Å². The summed E-state index contributed by atoms with van der Waals surface area (Å²) in [6.45, 7) is 0. The second kappa shape index (κ2) is 3.56. The van der Waals surface area contributed by atoms with Crippen molar-refractivity contribution in [2.75, 3.05) is 0 Å². The smallest absolute Gasteiger partial charge is 0.155 e. The van der Waals surface area contributed by atoms with Crippen molar-refractivity contribution in [1.29, 1.82) is 0 Å². The third-order valence-electron chi connectivity index (χ3n) is 2.44. The fourth-order valence-electron chi connectivity index (χ4n) is 1.74. The Labute approximate surface area is 78.1 Å². The Bertz CT molecular complexity index is 324. The monoisotopic (exact) mass is 172 g/mol. The van der Waals surface area contributed by atoms with Gasteiger partial charge in [-0.25, -0.2) is 0 Å². The van der Waals surface area contributed by atoms with E-state index >= 15 is 0 Å². The number of hydrogen-bond donors (Lipinski definition) is 0. The summed E-state index contributed by atoms with van der Waals surface area (Å²) in [5.41, 5.74) is 1.28. The van der Waals surface area contributed by atoms with Crippen LogP contribution in [0.25, 0.3) is 0 Å². The van der Waals surface area contributed by atoms with Gasteiger partial charge >= 0.3 is 0 Å². The first kappa shape index (κ1) is 8.24. The van der Waals surface area contributed by atoms with Gasteiger partial charge in [-0.3, -0.25) is 4.79 Å². The summed E-state index contributed by atoms with van der Waals surface area (Å²) in [7, 11) is 0. The highest BCUT2D eigenvalue weighted by Gasteiger charge is 2.16. The quantitative estimate of drug-likeness (QED) is 0.636. The molecule has 0 N–H and O–H groups in total. The molecule has 0 amide bonds. The van der Waals surface area contributed by atoms with Crippen LogP contribution < -0.4 is 0 Å². The molecule has 1 aromatic carbocycles. The molecule has 0 radical (unpaired) electrons. The molecular formula is C12H12O. The Morgan fingerprint density at radius 1 is 1.15 bits per heavy atom. The number of benzene rings is 1. The van der Waals surface area contributed by atoms with Gasteiger partial charge in [0.05, 0.1) is 0 Å². The van der Waals surface area contributed by atoms with Crippen molar-refractivity contribution in [3.63, 3.8) is 0 Å². The van der Waals surface area contributed by atoms with Crippen molar-refractivity contribution in [1.82, 2.24) is 0 Å². The van der Waals surface area contributed by atoms with E-state index in [4.69, 9.17) is 0 Å². The van der Waals surface area contributed by atoms with Crippen molar-refractivity contribution in [2.45, 2.75) is 18.8 Å². The van der Waals surface area contributed by atoms with E-state index in [2.05, 4.69) is 12.1 Å². The van der Waals surface area contributed by atoms with Gasteiger partial charge in [0.15, 0.2) is 5.78 Å². The van der Waals surface area contributed by atoms with Crippen LogP contribution in [0.15, 0.2) is 42.5 Å². The van der Waals surface area contributed by atoms with Crippen molar-refractivity contribution in [2.24, 2.45) is 0 Å². The van der Waals surface area contributed by atoms with Gasteiger partial charge in [-0.15, -0.1) is 0 Å². The average Bonchev–Trinajstić information content (AvgIpc) is 2.19. The fourth-order valence-corrected chi connectivity index (χ4v) is 1.74. The Morgan fingerprint density at radius 2 is 1.92 bits per heavy atom. The lowest BCUT2D eigenvalue weighted by atomic mass is 9.87. The topological polar surface area (TPSA) is 17.1 Å². The number of carbonyl (C=O) groups excluding carboxylic acids is 1. The molecule has 1 atom stereocenters. The van der Waals surface area contributed by atoms with E-state index in [1.807, 2.05) is 24.3 Å². The standard InChI is InChI=1S/C12H12O/c13-12-8-4-7-11(9-12)10-5-2-1-3-6-10/h1-6,8,11H,7,9H2. The Hall–Kier alpha value is -1.37. The minimum Gasteiger partial charge on any atom is -0.295 e. The van der Waals surface area contributed by atoms with Crippen LogP contribution in [-0.2, 0) is 4.79 Å². The first-order valence-corrected chi connectivity index (χ1v) is 4.60. The highest BCUT2D eigenvalue weighted by atomic mass is 16.1. The van der Waals surface area contributed by atoms with Crippen LogP contribution in [0.5, 0.6) is 0 Å². The maximum absolute atomic E-state index is 11.2. The molecule has 0 spiro atoms. The van der Waals surface area contributed by atoms with Crippen LogP contribution in [0.2, 0.25) is 0 Å². The van der Waals surface area contributed by atoms with Gasteiger partial charge in [0, 0.05) is 6.42 Å².